The Bertz CT molecular complexity index is 663. The number of benzene rings is 1. The molecule has 1 aliphatic rings. The average Bonchev–Trinajstić information content (AvgIpc) is 2.91. The zero-order valence-electron chi connectivity index (χ0n) is 12.3. The van der Waals surface area contributed by atoms with Gasteiger partial charge < -0.3 is 9.64 Å². The number of hydrogen-bond acceptors (Lipinski definition) is 3. The standard InChI is InChI=1S/C16H19N3O2/c1-11-14(9-17-18-11)10-19(2)16(20)13-5-6-15-12(8-13)4-3-7-21-15/h5-6,8-9H,3-4,7,10H2,1-2H3,(H,17,18). The molecule has 21 heavy (non-hydrogen) atoms. The number of carbonyl (C=O) groups is 1. The van der Waals surface area contributed by atoms with Gasteiger partial charge >= 0.3 is 0 Å². The number of fused-ring (bicyclic) bond motifs is 1. The van der Waals surface area contributed by atoms with Gasteiger partial charge in [-0.15, -0.1) is 0 Å². The van der Waals surface area contributed by atoms with Gasteiger partial charge in [-0.05, 0) is 43.5 Å². The van der Waals surface area contributed by atoms with Gasteiger partial charge in [0.2, 0.25) is 0 Å². The first-order chi connectivity index (χ1) is 10.1. The Balaban J connectivity index is 1.76. The van der Waals surface area contributed by atoms with Crippen molar-refractivity contribution in [2.45, 2.75) is 26.3 Å². The van der Waals surface area contributed by atoms with Gasteiger partial charge in [0.1, 0.15) is 5.75 Å². The molecule has 0 saturated carbocycles. The monoisotopic (exact) mass is 285 g/mol. The van der Waals surface area contributed by atoms with Crippen LogP contribution in [-0.2, 0) is 13.0 Å². The molecule has 0 unspecified atom stereocenters. The summed E-state index contributed by atoms with van der Waals surface area (Å²) in [5.41, 5.74) is 3.86. The van der Waals surface area contributed by atoms with E-state index in [2.05, 4.69) is 10.2 Å². The molecule has 1 aliphatic heterocycles. The minimum Gasteiger partial charge on any atom is -0.493 e. The zero-order chi connectivity index (χ0) is 14.8. The van der Waals surface area contributed by atoms with E-state index in [0.717, 1.165) is 42.0 Å². The number of aromatic amines is 1. The Hall–Kier alpha value is -2.30. The molecule has 0 fully saturated rings. The molecule has 1 aromatic heterocycles. The fraction of sp³-hybridized carbons (Fsp3) is 0.375. The molecule has 0 saturated heterocycles. The zero-order valence-corrected chi connectivity index (χ0v) is 12.3. The smallest absolute Gasteiger partial charge is 0.253 e. The predicted molar refractivity (Wildman–Crippen MR) is 79.4 cm³/mol. The maximum atomic E-state index is 12.5. The largest absolute Gasteiger partial charge is 0.493 e. The maximum absolute atomic E-state index is 12.5. The van der Waals surface area contributed by atoms with Crippen LogP contribution in [0.15, 0.2) is 24.4 Å². The quantitative estimate of drug-likeness (QED) is 0.941. The highest BCUT2D eigenvalue weighted by Gasteiger charge is 2.17. The second-order valence-electron chi connectivity index (χ2n) is 5.46. The number of carbonyl (C=O) groups excluding carboxylic acids is 1. The van der Waals surface area contributed by atoms with E-state index in [1.165, 1.54) is 0 Å². The molecular formula is C16H19N3O2. The van der Waals surface area contributed by atoms with E-state index in [-0.39, 0.29) is 5.91 Å². The minimum absolute atomic E-state index is 0.0176. The third-order valence-electron chi connectivity index (χ3n) is 3.84. The van der Waals surface area contributed by atoms with Crippen molar-refractivity contribution in [2.75, 3.05) is 13.7 Å². The van der Waals surface area contributed by atoms with Crippen LogP contribution in [0.25, 0.3) is 0 Å². The molecule has 1 amide bonds. The number of hydrogen-bond donors (Lipinski definition) is 1. The summed E-state index contributed by atoms with van der Waals surface area (Å²) >= 11 is 0. The first kappa shape index (κ1) is 13.7. The third-order valence-corrected chi connectivity index (χ3v) is 3.84. The Morgan fingerprint density at radius 3 is 3.10 bits per heavy atom. The van der Waals surface area contributed by atoms with E-state index in [9.17, 15) is 4.79 Å². The summed E-state index contributed by atoms with van der Waals surface area (Å²) in [7, 11) is 1.81. The van der Waals surface area contributed by atoms with Crippen LogP contribution in [0, 0.1) is 6.92 Å². The van der Waals surface area contributed by atoms with Crippen LogP contribution in [0.2, 0.25) is 0 Å². The van der Waals surface area contributed by atoms with Crippen LogP contribution in [-0.4, -0.2) is 34.7 Å². The molecule has 2 aromatic rings. The highest BCUT2D eigenvalue weighted by molar-refractivity contribution is 5.94. The van der Waals surface area contributed by atoms with Crippen molar-refractivity contribution < 1.29 is 9.53 Å². The maximum Gasteiger partial charge on any atom is 0.253 e. The first-order valence-corrected chi connectivity index (χ1v) is 7.15. The van der Waals surface area contributed by atoms with E-state index >= 15 is 0 Å². The lowest BCUT2D eigenvalue weighted by Gasteiger charge is -2.20. The number of aromatic nitrogens is 2. The first-order valence-electron chi connectivity index (χ1n) is 7.15. The summed E-state index contributed by atoms with van der Waals surface area (Å²) in [6.07, 6.45) is 3.75. The van der Waals surface area contributed by atoms with Gasteiger partial charge in [-0.3, -0.25) is 9.89 Å². The average molecular weight is 285 g/mol. The van der Waals surface area contributed by atoms with E-state index in [0.29, 0.717) is 12.1 Å². The van der Waals surface area contributed by atoms with Crippen LogP contribution >= 0.6 is 0 Å². The van der Waals surface area contributed by atoms with Gasteiger partial charge in [0.05, 0.1) is 12.8 Å². The summed E-state index contributed by atoms with van der Waals surface area (Å²) < 4.78 is 5.58. The van der Waals surface area contributed by atoms with Gasteiger partial charge in [0, 0.05) is 30.4 Å². The Morgan fingerprint density at radius 2 is 2.33 bits per heavy atom. The molecule has 5 nitrogen and oxygen atoms in total. The van der Waals surface area contributed by atoms with Crippen molar-refractivity contribution >= 4 is 5.91 Å². The number of nitrogens with zero attached hydrogens (tertiary/aromatic N) is 2. The highest BCUT2D eigenvalue weighted by Crippen LogP contribution is 2.26. The highest BCUT2D eigenvalue weighted by atomic mass is 16.5. The van der Waals surface area contributed by atoms with Gasteiger partial charge in [-0.1, -0.05) is 0 Å². The van der Waals surface area contributed by atoms with Gasteiger partial charge in [0.25, 0.3) is 5.91 Å². The van der Waals surface area contributed by atoms with Gasteiger partial charge in [-0.2, -0.15) is 5.10 Å². The molecule has 5 heteroatoms. The summed E-state index contributed by atoms with van der Waals surface area (Å²) in [5, 5.41) is 6.87. The molecule has 3 rings (SSSR count). The number of aryl methyl sites for hydroxylation is 2. The lowest BCUT2D eigenvalue weighted by molar-refractivity contribution is 0.0784. The second-order valence-corrected chi connectivity index (χ2v) is 5.46. The number of ether oxygens (including phenoxy) is 1. The van der Waals surface area contributed by atoms with Gasteiger partial charge in [0.15, 0.2) is 0 Å². The number of amides is 1. The number of nitrogens with one attached hydrogen (secondary N) is 1. The van der Waals surface area contributed by atoms with Crippen molar-refractivity contribution in [2.24, 2.45) is 0 Å². The second kappa shape index (κ2) is 5.60. The van der Waals surface area contributed by atoms with Crippen molar-refractivity contribution in [1.29, 1.82) is 0 Å². The van der Waals surface area contributed by atoms with Crippen LogP contribution in [0.3, 0.4) is 0 Å². The Kier molecular flexibility index (Phi) is 3.64. The molecule has 0 aliphatic carbocycles. The molecule has 110 valence electrons. The molecule has 2 heterocycles. The molecule has 1 N–H and O–H groups in total. The summed E-state index contributed by atoms with van der Waals surface area (Å²) in [5.74, 6) is 0.926. The molecule has 0 radical (unpaired) electrons. The topological polar surface area (TPSA) is 58.2 Å². The van der Waals surface area contributed by atoms with Crippen molar-refractivity contribution in [3.05, 3.63) is 46.8 Å². The summed E-state index contributed by atoms with van der Waals surface area (Å²) in [6, 6.07) is 5.69. The predicted octanol–water partition coefficient (Wildman–Crippen LogP) is 2.32. The minimum atomic E-state index is 0.0176. The number of rotatable bonds is 3. The fourth-order valence-corrected chi connectivity index (χ4v) is 2.58. The van der Waals surface area contributed by atoms with Crippen LogP contribution in [0.5, 0.6) is 5.75 Å². The molecular weight excluding hydrogens is 266 g/mol. The summed E-state index contributed by atoms with van der Waals surface area (Å²) in [6.45, 7) is 3.27. The molecule has 1 aromatic carbocycles. The van der Waals surface area contributed by atoms with Gasteiger partial charge in [-0.25, -0.2) is 0 Å². The Morgan fingerprint density at radius 1 is 1.48 bits per heavy atom. The molecule has 0 atom stereocenters. The van der Waals surface area contributed by atoms with Crippen LogP contribution < -0.4 is 4.74 Å². The fourth-order valence-electron chi connectivity index (χ4n) is 2.58. The van der Waals surface area contributed by atoms with E-state index < -0.39 is 0 Å². The van der Waals surface area contributed by atoms with E-state index in [1.54, 1.807) is 11.1 Å². The number of H-pyrrole nitrogens is 1. The van der Waals surface area contributed by atoms with E-state index in [1.807, 2.05) is 32.2 Å². The third kappa shape index (κ3) is 2.77. The SMILES string of the molecule is Cc1[nH]ncc1CN(C)C(=O)c1ccc2c(c1)CCCO2. The summed E-state index contributed by atoms with van der Waals surface area (Å²) in [4.78, 5) is 14.2. The van der Waals surface area contributed by atoms with Crippen molar-refractivity contribution in [3.8, 4) is 5.75 Å². The van der Waals surface area contributed by atoms with Crippen molar-refractivity contribution in [1.82, 2.24) is 15.1 Å². The Labute approximate surface area is 123 Å². The van der Waals surface area contributed by atoms with E-state index in [4.69, 9.17) is 4.74 Å². The normalized spacial score (nSPS) is 13.4. The van der Waals surface area contributed by atoms with Crippen LogP contribution in [0.4, 0.5) is 0 Å². The lowest BCUT2D eigenvalue weighted by Crippen LogP contribution is -2.26. The van der Waals surface area contributed by atoms with Crippen LogP contribution in [0.1, 0.15) is 33.6 Å². The van der Waals surface area contributed by atoms with Crippen molar-refractivity contribution in [3.63, 3.8) is 0 Å². The molecule has 0 bridgehead atoms. The molecule has 0 spiro atoms. The lowest BCUT2D eigenvalue weighted by atomic mass is 10.0.